The fourth-order valence-corrected chi connectivity index (χ4v) is 2.63. The van der Waals surface area contributed by atoms with Crippen LogP contribution < -0.4 is 10.6 Å². The van der Waals surface area contributed by atoms with Crippen molar-refractivity contribution in [3.8, 4) is 0 Å². The van der Waals surface area contributed by atoms with E-state index in [1.807, 2.05) is 22.6 Å². The van der Waals surface area contributed by atoms with E-state index in [1.165, 1.54) is 19.3 Å². The lowest BCUT2D eigenvalue weighted by atomic mass is 9.96. The third kappa shape index (κ3) is 2.70. The van der Waals surface area contributed by atoms with Crippen molar-refractivity contribution in [2.24, 2.45) is 0 Å². The Kier molecular flexibility index (Phi) is 3.35. The minimum absolute atomic E-state index is 0.131. The van der Waals surface area contributed by atoms with Gasteiger partial charge in [-0.05, 0) is 25.0 Å². The van der Waals surface area contributed by atoms with E-state index in [0.717, 1.165) is 24.2 Å². The molecule has 1 aliphatic rings. The van der Waals surface area contributed by atoms with Crippen LogP contribution in [-0.2, 0) is 0 Å². The minimum atomic E-state index is -0.131. The highest BCUT2D eigenvalue weighted by Crippen LogP contribution is 2.17. The van der Waals surface area contributed by atoms with Crippen LogP contribution in [0.5, 0.6) is 0 Å². The monoisotopic (exact) mass is 258 g/mol. The van der Waals surface area contributed by atoms with Crippen LogP contribution >= 0.6 is 0 Å². The van der Waals surface area contributed by atoms with E-state index in [0.29, 0.717) is 6.04 Å². The van der Waals surface area contributed by atoms with Crippen LogP contribution in [0.3, 0.4) is 0 Å². The number of anilines is 1. The second-order valence-corrected chi connectivity index (χ2v) is 5.03. The van der Waals surface area contributed by atoms with Crippen molar-refractivity contribution in [1.29, 1.82) is 0 Å². The van der Waals surface area contributed by atoms with Gasteiger partial charge in [0.25, 0.3) is 0 Å². The molecule has 1 fully saturated rings. The van der Waals surface area contributed by atoms with Gasteiger partial charge in [-0.3, -0.25) is 9.72 Å². The van der Waals surface area contributed by atoms with Gasteiger partial charge in [-0.2, -0.15) is 0 Å². The molecule has 0 unspecified atom stereocenters. The standard InChI is InChI=1S/C14H18N4O/c19-14(16-11-5-2-1-3-6-11)17-13-8-4-7-12-9-15-10-18(12)13/h4,7-11H,1-3,5-6H2,(H2,16,17,19). The molecule has 3 rings (SSSR count). The summed E-state index contributed by atoms with van der Waals surface area (Å²) >= 11 is 0. The van der Waals surface area contributed by atoms with E-state index in [9.17, 15) is 4.79 Å². The molecular formula is C14H18N4O. The lowest BCUT2D eigenvalue weighted by Gasteiger charge is -2.22. The predicted octanol–water partition coefficient (Wildman–Crippen LogP) is 2.79. The quantitative estimate of drug-likeness (QED) is 0.870. The average molecular weight is 258 g/mol. The molecule has 2 N–H and O–H groups in total. The molecule has 1 saturated carbocycles. The molecule has 0 radical (unpaired) electrons. The van der Waals surface area contributed by atoms with Crippen molar-refractivity contribution in [1.82, 2.24) is 14.7 Å². The second kappa shape index (κ2) is 5.30. The largest absolute Gasteiger partial charge is 0.335 e. The van der Waals surface area contributed by atoms with E-state index in [-0.39, 0.29) is 6.03 Å². The molecule has 0 aromatic carbocycles. The van der Waals surface area contributed by atoms with Gasteiger partial charge in [0.15, 0.2) is 0 Å². The molecule has 2 aromatic rings. The normalized spacial score (nSPS) is 16.4. The predicted molar refractivity (Wildman–Crippen MR) is 74.2 cm³/mol. The number of rotatable bonds is 2. The van der Waals surface area contributed by atoms with Crippen LogP contribution in [0.2, 0.25) is 0 Å². The van der Waals surface area contributed by atoms with Gasteiger partial charge < -0.3 is 5.32 Å². The van der Waals surface area contributed by atoms with Crippen LogP contribution in [0.15, 0.2) is 30.7 Å². The molecule has 0 bridgehead atoms. The highest BCUT2D eigenvalue weighted by atomic mass is 16.2. The van der Waals surface area contributed by atoms with Crippen LogP contribution in [0, 0.1) is 0 Å². The number of aromatic nitrogens is 2. The number of amides is 2. The molecule has 0 atom stereocenters. The van der Waals surface area contributed by atoms with Gasteiger partial charge in [-0.15, -0.1) is 0 Å². The summed E-state index contributed by atoms with van der Waals surface area (Å²) in [7, 11) is 0. The number of hydrogen-bond acceptors (Lipinski definition) is 2. The lowest BCUT2D eigenvalue weighted by Crippen LogP contribution is -2.39. The van der Waals surface area contributed by atoms with Crippen molar-refractivity contribution < 1.29 is 4.79 Å². The maximum Gasteiger partial charge on any atom is 0.320 e. The Bertz CT molecular complexity index is 572. The fourth-order valence-electron chi connectivity index (χ4n) is 2.63. The zero-order chi connectivity index (χ0) is 13.1. The smallest absolute Gasteiger partial charge is 0.320 e. The molecule has 0 aliphatic heterocycles. The zero-order valence-electron chi connectivity index (χ0n) is 10.8. The first kappa shape index (κ1) is 12.0. The minimum Gasteiger partial charge on any atom is -0.335 e. The summed E-state index contributed by atoms with van der Waals surface area (Å²) in [5, 5.41) is 5.93. The number of nitrogens with zero attached hydrogens (tertiary/aromatic N) is 2. The number of fused-ring (bicyclic) bond motifs is 1. The van der Waals surface area contributed by atoms with Gasteiger partial charge in [0, 0.05) is 6.04 Å². The Balaban J connectivity index is 1.67. The first-order chi connectivity index (χ1) is 9.33. The molecular weight excluding hydrogens is 240 g/mol. The van der Waals surface area contributed by atoms with Gasteiger partial charge in [-0.1, -0.05) is 25.3 Å². The number of nitrogens with one attached hydrogen (secondary N) is 2. The molecule has 2 heterocycles. The van der Waals surface area contributed by atoms with E-state index in [1.54, 1.807) is 12.5 Å². The molecule has 0 spiro atoms. The summed E-state index contributed by atoms with van der Waals surface area (Å²) in [5.41, 5.74) is 0.968. The van der Waals surface area contributed by atoms with E-state index in [2.05, 4.69) is 15.6 Å². The van der Waals surface area contributed by atoms with E-state index >= 15 is 0 Å². The molecule has 0 saturated heterocycles. The first-order valence-electron chi connectivity index (χ1n) is 6.81. The van der Waals surface area contributed by atoms with Gasteiger partial charge >= 0.3 is 6.03 Å². The first-order valence-corrected chi connectivity index (χ1v) is 6.81. The molecule has 5 heteroatoms. The molecule has 2 amide bonds. The summed E-state index contributed by atoms with van der Waals surface area (Å²) in [6, 6.07) is 5.92. The van der Waals surface area contributed by atoms with Crippen molar-refractivity contribution in [3.63, 3.8) is 0 Å². The third-order valence-electron chi connectivity index (χ3n) is 3.63. The third-order valence-corrected chi connectivity index (χ3v) is 3.63. The second-order valence-electron chi connectivity index (χ2n) is 5.03. The maximum absolute atomic E-state index is 12.0. The van der Waals surface area contributed by atoms with Crippen molar-refractivity contribution in [2.45, 2.75) is 38.1 Å². The van der Waals surface area contributed by atoms with Gasteiger partial charge in [0.2, 0.25) is 0 Å². The Labute approximate surface area is 112 Å². The summed E-state index contributed by atoms with van der Waals surface area (Å²) in [4.78, 5) is 16.1. The Morgan fingerprint density at radius 3 is 2.95 bits per heavy atom. The lowest BCUT2D eigenvalue weighted by molar-refractivity contribution is 0.244. The topological polar surface area (TPSA) is 58.4 Å². The Morgan fingerprint density at radius 1 is 1.26 bits per heavy atom. The molecule has 5 nitrogen and oxygen atoms in total. The van der Waals surface area contributed by atoms with Crippen LogP contribution in [0.4, 0.5) is 10.6 Å². The molecule has 100 valence electrons. The van der Waals surface area contributed by atoms with E-state index in [4.69, 9.17) is 0 Å². The van der Waals surface area contributed by atoms with Crippen LogP contribution in [0.1, 0.15) is 32.1 Å². The maximum atomic E-state index is 12.0. The molecule has 2 aromatic heterocycles. The Morgan fingerprint density at radius 2 is 2.11 bits per heavy atom. The van der Waals surface area contributed by atoms with Crippen LogP contribution in [0.25, 0.3) is 5.52 Å². The zero-order valence-corrected chi connectivity index (χ0v) is 10.8. The summed E-state index contributed by atoms with van der Waals surface area (Å²) < 4.78 is 1.86. The van der Waals surface area contributed by atoms with Crippen molar-refractivity contribution in [3.05, 3.63) is 30.7 Å². The van der Waals surface area contributed by atoms with Gasteiger partial charge in [0.05, 0.1) is 11.7 Å². The molecule has 1 aliphatic carbocycles. The summed E-state index contributed by atoms with van der Waals surface area (Å²) in [6.45, 7) is 0. The number of pyridine rings is 1. The number of urea groups is 1. The SMILES string of the molecule is O=C(Nc1cccc2cncn12)NC1CCCCC1. The van der Waals surface area contributed by atoms with Gasteiger partial charge in [0.1, 0.15) is 12.1 Å². The van der Waals surface area contributed by atoms with Crippen molar-refractivity contribution >= 4 is 17.4 Å². The highest BCUT2D eigenvalue weighted by molar-refractivity contribution is 5.89. The number of carbonyl (C=O) groups excluding carboxylic acids is 1. The van der Waals surface area contributed by atoms with Crippen LogP contribution in [-0.4, -0.2) is 21.5 Å². The summed E-state index contributed by atoms with van der Waals surface area (Å²) in [6.07, 6.45) is 9.35. The Hall–Kier alpha value is -2.04. The van der Waals surface area contributed by atoms with Gasteiger partial charge in [-0.25, -0.2) is 9.78 Å². The van der Waals surface area contributed by atoms with E-state index < -0.39 is 0 Å². The fraction of sp³-hybridized carbons (Fsp3) is 0.429. The average Bonchev–Trinajstić information content (AvgIpc) is 2.89. The number of imidazole rings is 1. The molecule has 19 heavy (non-hydrogen) atoms. The van der Waals surface area contributed by atoms with Crippen molar-refractivity contribution in [2.75, 3.05) is 5.32 Å². The highest BCUT2D eigenvalue weighted by Gasteiger charge is 2.15. The number of hydrogen-bond donors (Lipinski definition) is 2. The number of carbonyl (C=O) groups is 1. The summed E-state index contributed by atoms with van der Waals surface area (Å²) in [5.74, 6) is 0.739.